The number of nitrogens with two attached hydrogens (primary N) is 1. The lowest BCUT2D eigenvalue weighted by atomic mass is 9.79. The van der Waals surface area contributed by atoms with E-state index < -0.39 is 29.7 Å². The summed E-state index contributed by atoms with van der Waals surface area (Å²) in [5, 5.41) is 11.4. The second-order valence-corrected chi connectivity index (χ2v) is 8.92. The van der Waals surface area contributed by atoms with E-state index in [2.05, 4.69) is 4.98 Å². The molecule has 2 heterocycles. The van der Waals surface area contributed by atoms with Gasteiger partial charge in [-0.05, 0) is 47.0 Å². The van der Waals surface area contributed by atoms with Gasteiger partial charge < -0.3 is 29.8 Å². The summed E-state index contributed by atoms with van der Waals surface area (Å²) in [7, 11) is 3.22. The fraction of sp³-hybridized carbons (Fsp3) is 0.241. The van der Waals surface area contributed by atoms with Gasteiger partial charge >= 0.3 is 5.69 Å². The van der Waals surface area contributed by atoms with Crippen LogP contribution in [0.2, 0.25) is 0 Å². The zero-order valence-electron chi connectivity index (χ0n) is 21.1. The number of rotatable bonds is 8. The van der Waals surface area contributed by atoms with Crippen molar-refractivity contribution in [1.82, 2.24) is 9.55 Å². The molecule has 1 fully saturated rings. The molecule has 3 aromatic carbocycles. The molecule has 9 heteroatoms. The standard InChI is InChI=1S/C29H29N3O6/c1-35-22-12-8-20(9-13-22)29(19-6-4-3-5-7-19,21-10-14-23(36-2)15-11-21)38-24-18-37-27(26(24)33)32-17-16-25(30)31-28(32)34/h3-17,24,26-27,33H,18H2,1-2H3,(H2,30,31,34)/t24-,26+,27+/m0/s1. The Hall–Kier alpha value is -4.18. The van der Waals surface area contributed by atoms with Gasteiger partial charge in [-0.2, -0.15) is 4.98 Å². The Kier molecular flexibility index (Phi) is 7.15. The summed E-state index contributed by atoms with van der Waals surface area (Å²) in [6.07, 6.45) is -1.49. The molecule has 196 valence electrons. The molecule has 1 saturated heterocycles. The number of anilines is 1. The molecule has 0 radical (unpaired) electrons. The number of methoxy groups -OCH3 is 2. The molecule has 0 spiro atoms. The Morgan fingerprint density at radius 3 is 1.97 bits per heavy atom. The molecule has 0 saturated carbocycles. The number of hydrogen-bond donors (Lipinski definition) is 2. The Labute approximate surface area is 220 Å². The molecule has 38 heavy (non-hydrogen) atoms. The Morgan fingerprint density at radius 1 is 0.895 bits per heavy atom. The predicted molar refractivity (Wildman–Crippen MR) is 141 cm³/mol. The molecule has 1 aliphatic rings. The lowest BCUT2D eigenvalue weighted by molar-refractivity contribution is -0.0904. The molecular formula is C29H29N3O6. The van der Waals surface area contributed by atoms with Crippen molar-refractivity contribution < 1.29 is 24.1 Å². The molecule has 3 N–H and O–H groups in total. The van der Waals surface area contributed by atoms with Crippen molar-refractivity contribution in [3.05, 3.63) is 118 Å². The van der Waals surface area contributed by atoms with E-state index in [0.29, 0.717) is 11.5 Å². The van der Waals surface area contributed by atoms with Crippen LogP contribution < -0.4 is 20.9 Å². The fourth-order valence-corrected chi connectivity index (χ4v) is 4.80. The maximum Gasteiger partial charge on any atom is 0.351 e. The first kappa shape index (κ1) is 25.5. The predicted octanol–water partition coefficient (Wildman–Crippen LogP) is 3.11. The summed E-state index contributed by atoms with van der Waals surface area (Å²) in [6.45, 7) is 0.0452. The highest BCUT2D eigenvalue weighted by Crippen LogP contribution is 2.44. The van der Waals surface area contributed by atoms with Gasteiger partial charge in [0.15, 0.2) is 6.23 Å². The Bertz CT molecular complexity index is 1380. The monoisotopic (exact) mass is 515 g/mol. The molecule has 1 aliphatic heterocycles. The first-order valence-electron chi connectivity index (χ1n) is 12.1. The number of aliphatic hydroxyl groups excluding tert-OH is 1. The van der Waals surface area contributed by atoms with Gasteiger partial charge in [0.2, 0.25) is 0 Å². The minimum Gasteiger partial charge on any atom is -0.497 e. The molecular weight excluding hydrogens is 486 g/mol. The van der Waals surface area contributed by atoms with Crippen molar-refractivity contribution >= 4 is 5.82 Å². The minimum absolute atomic E-state index is 0.0452. The number of nitrogens with zero attached hydrogens (tertiary/aromatic N) is 2. The maximum absolute atomic E-state index is 12.5. The minimum atomic E-state index is -1.17. The average Bonchev–Trinajstić information content (AvgIpc) is 3.31. The van der Waals surface area contributed by atoms with Gasteiger partial charge in [0.05, 0.1) is 20.8 Å². The fourth-order valence-electron chi connectivity index (χ4n) is 4.80. The smallest absolute Gasteiger partial charge is 0.351 e. The van der Waals surface area contributed by atoms with Crippen molar-refractivity contribution in [2.45, 2.75) is 24.0 Å². The Balaban J connectivity index is 1.63. The molecule has 5 rings (SSSR count). The third kappa shape index (κ3) is 4.63. The van der Waals surface area contributed by atoms with Gasteiger partial charge in [0.25, 0.3) is 0 Å². The van der Waals surface area contributed by atoms with Crippen molar-refractivity contribution in [2.24, 2.45) is 0 Å². The lowest BCUT2D eigenvalue weighted by Crippen LogP contribution is -2.42. The van der Waals surface area contributed by atoms with Gasteiger partial charge in [0.1, 0.15) is 35.1 Å². The van der Waals surface area contributed by atoms with Gasteiger partial charge in [-0.15, -0.1) is 0 Å². The quantitative estimate of drug-likeness (QED) is 0.344. The second-order valence-electron chi connectivity index (χ2n) is 8.92. The topological polar surface area (TPSA) is 118 Å². The van der Waals surface area contributed by atoms with Crippen LogP contribution >= 0.6 is 0 Å². The lowest BCUT2D eigenvalue weighted by Gasteiger charge is -2.38. The van der Waals surface area contributed by atoms with E-state index in [4.69, 9.17) is 24.7 Å². The number of ether oxygens (including phenoxy) is 4. The van der Waals surface area contributed by atoms with Crippen LogP contribution in [0.15, 0.2) is 95.9 Å². The summed E-state index contributed by atoms with van der Waals surface area (Å²) in [5.74, 6) is 1.49. The van der Waals surface area contributed by atoms with E-state index in [1.54, 1.807) is 14.2 Å². The van der Waals surface area contributed by atoms with Gasteiger partial charge in [-0.1, -0.05) is 54.6 Å². The summed E-state index contributed by atoms with van der Waals surface area (Å²) in [5.41, 5.74) is 6.35. The largest absolute Gasteiger partial charge is 0.497 e. The van der Waals surface area contributed by atoms with Gasteiger partial charge in [-0.25, -0.2) is 4.79 Å². The second kappa shape index (κ2) is 10.7. The van der Waals surface area contributed by atoms with Crippen LogP contribution in [0.4, 0.5) is 5.82 Å². The Morgan fingerprint density at radius 2 is 1.45 bits per heavy atom. The van der Waals surface area contributed by atoms with Crippen LogP contribution in [0.3, 0.4) is 0 Å². The summed E-state index contributed by atoms with van der Waals surface area (Å²) >= 11 is 0. The van der Waals surface area contributed by atoms with Gasteiger partial charge in [-0.3, -0.25) is 4.57 Å². The van der Waals surface area contributed by atoms with E-state index >= 15 is 0 Å². The molecule has 3 atom stereocenters. The third-order valence-electron chi connectivity index (χ3n) is 6.73. The van der Waals surface area contributed by atoms with E-state index in [1.165, 1.54) is 16.8 Å². The molecule has 1 aromatic heterocycles. The van der Waals surface area contributed by atoms with E-state index in [1.807, 2.05) is 78.9 Å². The number of aromatic nitrogens is 2. The van der Waals surface area contributed by atoms with Crippen molar-refractivity contribution in [2.75, 3.05) is 26.6 Å². The average molecular weight is 516 g/mol. The highest BCUT2D eigenvalue weighted by Gasteiger charge is 2.46. The molecule has 9 nitrogen and oxygen atoms in total. The van der Waals surface area contributed by atoms with E-state index in [-0.39, 0.29) is 12.4 Å². The summed E-state index contributed by atoms with van der Waals surface area (Å²) < 4.78 is 24.8. The molecule has 0 bridgehead atoms. The highest BCUT2D eigenvalue weighted by molar-refractivity contribution is 5.50. The SMILES string of the molecule is COc1ccc(C(O[C@H]2CO[C@@H](n3ccc(N)nc3=O)[C@@H]2O)(c2ccccc2)c2ccc(OC)cc2)cc1. The van der Waals surface area contributed by atoms with Crippen LogP contribution in [0.1, 0.15) is 22.9 Å². The molecule has 0 unspecified atom stereocenters. The van der Waals surface area contributed by atoms with Crippen LogP contribution in [0.25, 0.3) is 0 Å². The van der Waals surface area contributed by atoms with E-state index in [0.717, 1.165) is 16.7 Å². The maximum atomic E-state index is 12.5. The first-order valence-corrected chi connectivity index (χ1v) is 12.1. The first-order chi connectivity index (χ1) is 18.5. The number of benzene rings is 3. The molecule has 0 amide bonds. The van der Waals surface area contributed by atoms with Crippen molar-refractivity contribution in [3.63, 3.8) is 0 Å². The summed E-state index contributed by atoms with van der Waals surface area (Å²) in [6, 6.07) is 26.4. The van der Waals surface area contributed by atoms with E-state index in [9.17, 15) is 9.90 Å². The van der Waals surface area contributed by atoms with Crippen LogP contribution in [-0.4, -0.2) is 47.7 Å². The number of hydrogen-bond acceptors (Lipinski definition) is 8. The normalized spacial score (nSPS) is 19.3. The van der Waals surface area contributed by atoms with Crippen LogP contribution in [0.5, 0.6) is 11.5 Å². The third-order valence-corrected chi connectivity index (χ3v) is 6.73. The zero-order chi connectivity index (χ0) is 26.7. The number of aliphatic hydroxyl groups is 1. The highest BCUT2D eigenvalue weighted by atomic mass is 16.6. The van der Waals surface area contributed by atoms with Crippen LogP contribution in [0, 0.1) is 0 Å². The molecule has 4 aromatic rings. The van der Waals surface area contributed by atoms with Crippen molar-refractivity contribution in [3.8, 4) is 11.5 Å². The van der Waals surface area contributed by atoms with Gasteiger partial charge in [0, 0.05) is 6.20 Å². The van der Waals surface area contributed by atoms with Crippen LogP contribution in [-0.2, 0) is 15.1 Å². The summed E-state index contributed by atoms with van der Waals surface area (Å²) in [4.78, 5) is 16.2. The number of nitrogen functional groups attached to an aromatic ring is 1. The molecule has 0 aliphatic carbocycles. The van der Waals surface area contributed by atoms with Crippen molar-refractivity contribution in [1.29, 1.82) is 0 Å². The zero-order valence-corrected chi connectivity index (χ0v) is 21.1.